The van der Waals surface area contributed by atoms with Gasteiger partial charge in [-0.1, -0.05) is 122 Å². The van der Waals surface area contributed by atoms with Crippen LogP contribution >= 0.6 is 15.6 Å². The van der Waals surface area contributed by atoms with Gasteiger partial charge in [0.1, 0.15) is 43.1 Å². The lowest BCUT2D eigenvalue weighted by atomic mass is 9.92. The normalized spacial score (nSPS) is 30.9. The van der Waals surface area contributed by atoms with Crippen LogP contribution in [-0.4, -0.2) is 126 Å². The maximum Gasteiger partial charge on any atom is 0.481 e. The molecule has 1 fully saturated rings. The Bertz CT molecular complexity index is 1920. The van der Waals surface area contributed by atoms with Crippen LogP contribution in [0.5, 0.6) is 0 Å². The van der Waals surface area contributed by atoms with Crippen molar-refractivity contribution in [1.82, 2.24) is 9.55 Å². The number of nitrogen functional groups attached to an aromatic ring is 1. The number of fused-ring (bicyclic) bond motifs is 3. The van der Waals surface area contributed by atoms with Crippen molar-refractivity contribution in [2.24, 2.45) is 11.8 Å². The number of aliphatic hydroxyl groups is 5. The molecule has 0 radical (unpaired) electrons. The molecule has 0 saturated carbocycles. The Hall–Kier alpha value is -2.92. The van der Waals surface area contributed by atoms with E-state index in [1.54, 1.807) is 12.2 Å². The summed E-state index contributed by atoms with van der Waals surface area (Å²) in [6, 6.07) is 1.22. The van der Waals surface area contributed by atoms with Crippen molar-refractivity contribution in [1.29, 1.82) is 0 Å². The standard InChI is InChI=1S/C47H81N3O19P2/c1-4-5-15-21-34(51)25-26-38-44(56)45(57)39-32-65-71(61,62)69-70(59,60)64-31-35(66-42(54)24-19-12-10-8-6-7-9-11-16-20-33(2)3)30-63-41(53)23-18-14-13-17-22-36(37(52)29-43(55)67-38)46(68-39)50-28-27-40(48)49-47(50)58/h13,17,25-28,33-39,43-46,51-52,55-57H,4-12,14-16,18-24,29-32H2,1-3H3,(H,59,60)(H,61,62)(H2,48,49,58)/b17-13?,26-25+/t34-,35+,36-,37-,38+,39+,43?,44-,45+,46+/m0/s1. The van der Waals surface area contributed by atoms with Gasteiger partial charge in [0, 0.05) is 31.4 Å². The highest BCUT2D eigenvalue weighted by atomic mass is 31.3. The molecule has 0 spiro atoms. The summed E-state index contributed by atoms with van der Waals surface area (Å²) >= 11 is 0. The number of phosphoric ester groups is 2. The van der Waals surface area contributed by atoms with Gasteiger partial charge in [0.15, 0.2) is 12.4 Å². The third-order valence-electron chi connectivity index (χ3n) is 12.0. The molecule has 408 valence electrons. The van der Waals surface area contributed by atoms with E-state index in [4.69, 9.17) is 33.7 Å². The molecule has 3 rings (SSSR count). The van der Waals surface area contributed by atoms with Crippen molar-refractivity contribution >= 4 is 33.4 Å². The van der Waals surface area contributed by atoms with Crippen molar-refractivity contribution < 1.29 is 86.3 Å². The van der Waals surface area contributed by atoms with E-state index in [1.165, 1.54) is 43.9 Å². The number of nitrogens with zero attached hydrogens (tertiary/aromatic N) is 2. The Morgan fingerprint density at radius 2 is 1.54 bits per heavy atom. The summed E-state index contributed by atoms with van der Waals surface area (Å²) in [4.78, 5) is 64.2. The summed E-state index contributed by atoms with van der Waals surface area (Å²) in [5, 5.41) is 56.8. The van der Waals surface area contributed by atoms with E-state index in [1.807, 2.05) is 6.92 Å². The molecule has 2 aliphatic heterocycles. The summed E-state index contributed by atoms with van der Waals surface area (Å²) in [5.74, 6) is -2.15. The average molecular weight is 1050 g/mol. The van der Waals surface area contributed by atoms with Crippen molar-refractivity contribution in [2.45, 2.75) is 204 Å². The SMILES string of the molecule is CCCCC[C@H](O)/C=C/[C@H]1OC(O)C[C@H](O)[C@@H]2CC=CCCCC(=O)OC[C@@H](OC(=O)CCCCCCCCCCCC(C)C)COP(=O)(O)OP(=O)(O)OC[C@@H](O[C@H]2n2ccc(N)nc2=O)[C@@H](O)[C@H]1O. The number of nitrogens with two attached hydrogens (primary N) is 1. The van der Waals surface area contributed by atoms with Crippen LogP contribution in [0.25, 0.3) is 0 Å². The summed E-state index contributed by atoms with van der Waals surface area (Å²) in [6.07, 6.45) is 4.11. The van der Waals surface area contributed by atoms with Gasteiger partial charge in [0.25, 0.3) is 0 Å². The molecule has 2 aliphatic rings. The Labute approximate surface area is 417 Å². The zero-order valence-corrected chi connectivity index (χ0v) is 43.3. The van der Waals surface area contributed by atoms with Gasteiger partial charge in [-0.2, -0.15) is 9.29 Å². The quantitative estimate of drug-likeness (QED) is 0.0331. The molecular weight excluding hydrogens is 972 g/mol. The van der Waals surface area contributed by atoms with Crippen molar-refractivity contribution in [3.05, 3.63) is 47.1 Å². The first-order chi connectivity index (χ1) is 33.7. The van der Waals surface area contributed by atoms with E-state index in [9.17, 15) is 58.8 Å². The summed E-state index contributed by atoms with van der Waals surface area (Å²) in [5.41, 5.74) is 4.75. The zero-order valence-electron chi connectivity index (χ0n) is 41.5. The summed E-state index contributed by atoms with van der Waals surface area (Å²) < 4.78 is 64.7. The predicted molar refractivity (Wildman–Crippen MR) is 260 cm³/mol. The van der Waals surface area contributed by atoms with Crippen molar-refractivity contribution in [3.8, 4) is 0 Å². The molecule has 1 aromatic heterocycles. The third kappa shape index (κ3) is 25.2. The zero-order chi connectivity index (χ0) is 52.4. The number of carbonyl (C=O) groups is 2. The molecule has 0 aromatic carbocycles. The first-order valence-corrected chi connectivity index (χ1v) is 28.1. The maximum atomic E-state index is 13.4. The number of carbonyl (C=O) groups excluding carboxylic acids is 2. The van der Waals surface area contributed by atoms with Gasteiger partial charge in [-0.05, 0) is 44.1 Å². The lowest BCUT2D eigenvalue weighted by molar-refractivity contribution is -0.192. The third-order valence-corrected chi connectivity index (χ3v) is 14.6. The second kappa shape index (κ2) is 33.1. The van der Waals surface area contributed by atoms with Gasteiger partial charge in [-0.3, -0.25) is 23.2 Å². The largest absolute Gasteiger partial charge is 0.481 e. The minimum absolute atomic E-state index is 0.00427. The first kappa shape index (κ1) is 62.4. The number of cyclic esters (lactones) is 1. The average Bonchev–Trinajstić information content (AvgIpc) is 3.30. The number of phosphoric acid groups is 2. The van der Waals surface area contributed by atoms with Crippen LogP contribution < -0.4 is 11.4 Å². The molecule has 0 amide bonds. The van der Waals surface area contributed by atoms with E-state index < -0.39 is 121 Å². The number of allylic oxidation sites excluding steroid dienone is 2. The van der Waals surface area contributed by atoms with Gasteiger partial charge in [0.05, 0.1) is 25.4 Å². The Balaban J connectivity index is 1.89. The van der Waals surface area contributed by atoms with Crippen LogP contribution in [0.1, 0.15) is 155 Å². The molecule has 71 heavy (non-hydrogen) atoms. The van der Waals surface area contributed by atoms with Crippen LogP contribution in [0, 0.1) is 11.8 Å². The fourth-order valence-electron chi connectivity index (χ4n) is 8.00. The molecule has 3 heterocycles. The number of anilines is 1. The molecular formula is C47H81N3O19P2. The number of unbranched alkanes of at least 4 members (excludes halogenated alkanes) is 10. The number of aliphatic hydroxyl groups excluding tert-OH is 5. The molecule has 0 aliphatic carbocycles. The highest BCUT2D eigenvalue weighted by Crippen LogP contribution is 2.60. The van der Waals surface area contributed by atoms with Gasteiger partial charge in [-0.15, -0.1) is 0 Å². The van der Waals surface area contributed by atoms with Crippen LogP contribution in [0.3, 0.4) is 0 Å². The Morgan fingerprint density at radius 3 is 2.20 bits per heavy atom. The van der Waals surface area contributed by atoms with Crippen LogP contribution in [0.15, 0.2) is 41.4 Å². The fraction of sp³-hybridized carbons (Fsp3) is 0.787. The minimum atomic E-state index is -5.73. The second-order valence-corrected chi connectivity index (χ2v) is 21.7. The molecule has 24 heteroatoms. The van der Waals surface area contributed by atoms with Gasteiger partial charge >= 0.3 is 33.3 Å². The highest BCUT2D eigenvalue weighted by Gasteiger charge is 2.44. The van der Waals surface area contributed by atoms with E-state index in [0.717, 1.165) is 55.7 Å². The van der Waals surface area contributed by atoms with Crippen LogP contribution in [0.2, 0.25) is 0 Å². The molecule has 2 bridgehead atoms. The smallest absolute Gasteiger partial charge is 0.462 e. The van der Waals surface area contributed by atoms with E-state index in [0.29, 0.717) is 25.2 Å². The molecule has 22 nitrogen and oxygen atoms in total. The number of hydrogen-bond donors (Lipinski definition) is 8. The van der Waals surface area contributed by atoms with Gasteiger partial charge in [-0.25, -0.2) is 13.9 Å². The van der Waals surface area contributed by atoms with Crippen LogP contribution in [-0.2, 0) is 51.0 Å². The minimum Gasteiger partial charge on any atom is -0.462 e. The Kier molecular flexibility index (Phi) is 29.1. The number of esters is 2. The van der Waals surface area contributed by atoms with E-state index in [2.05, 4.69) is 23.1 Å². The summed E-state index contributed by atoms with van der Waals surface area (Å²) in [6.45, 7) is 3.65. The molecule has 3 unspecified atom stereocenters. The van der Waals surface area contributed by atoms with E-state index in [-0.39, 0.29) is 37.9 Å². The van der Waals surface area contributed by atoms with Crippen LogP contribution in [0.4, 0.5) is 5.82 Å². The highest BCUT2D eigenvalue weighted by molar-refractivity contribution is 7.61. The summed E-state index contributed by atoms with van der Waals surface area (Å²) in [7, 11) is -11.3. The number of rotatable bonds is 20. The molecule has 1 saturated heterocycles. The number of ether oxygens (including phenoxy) is 4. The predicted octanol–water partition coefficient (Wildman–Crippen LogP) is 5.80. The molecule has 9 N–H and O–H groups in total. The van der Waals surface area contributed by atoms with Crippen molar-refractivity contribution in [3.63, 3.8) is 0 Å². The lowest BCUT2D eigenvalue weighted by Gasteiger charge is -2.36. The second-order valence-electron chi connectivity index (χ2n) is 18.7. The van der Waals surface area contributed by atoms with Gasteiger partial charge in [0.2, 0.25) is 0 Å². The first-order valence-electron chi connectivity index (χ1n) is 25.1. The van der Waals surface area contributed by atoms with E-state index >= 15 is 0 Å². The number of aromatic nitrogens is 2. The van der Waals surface area contributed by atoms with Crippen molar-refractivity contribution in [2.75, 3.05) is 25.6 Å². The Morgan fingerprint density at radius 1 is 0.887 bits per heavy atom. The topological polar surface area (TPSA) is 335 Å². The number of hydrogen-bond acceptors (Lipinski definition) is 19. The monoisotopic (exact) mass is 1050 g/mol. The maximum absolute atomic E-state index is 13.4. The lowest BCUT2D eigenvalue weighted by Crippen LogP contribution is -2.49. The molecule has 12 atom stereocenters. The fourth-order valence-corrected chi connectivity index (χ4v) is 10.1. The molecule has 1 aromatic rings. The van der Waals surface area contributed by atoms with Gasteiger partial charge < -0.3 is 60.0 Å².